The van der Waals surface area contributed by atoms with Crippen LogP contribution in [0, 0.1) is 13.8 Å². The number of phenols is 1. The molecule has 0 amide bonds. The normalized spacial score (nSPS) is 10.8. The summed E-state index contributed by atoms with van der Waals surface area (Å²) >= 11 is 1.71. The van der Waals surface area contributed by atoms with E-state index < -0.39 is 0 Å². The van der Waals surface area contributed by atoms with Gasteiger partial charge in [-0.15, -0.1) is 11.3 Å². The van der Waals surface area contributed by atoms with Gasteiger partial charge < -0.3 is 15.2 Å². The highest BCUT2D eigenvalue weighted by molar-refractivity contribution is 7.13. The van der Waals surface area contributed by atoms with Crippen molar-refractivity contribution in [3.8, 4) is 27.4 Å². The van der Waals surface area contributed by atoms with Gasteiger partial charge in [0.1, 0.15) is 11.6 Å². The molecule has 2 N–H and O–H groups in total. The lowest BCUT2D eigenvalue weighted by molar-refractivity contribution is 0.210. The van der Waals surface area contributed by atoms with Crippen LogP contribution >= 0.6 is 11.3 Å². The third-order valence-corrected chi connectivity index (χ3v) is 5.06. The van der Waals surface area contributed by atoms with Crippen molar-refractivity contribution in [2.75, 3.05) is 25.6 Å². The van der Waals surface area contributed by atoms with E-state index in [1.165, 1.54) is 10.4 Å². The highest BCUT2D eigenvalue weighted by Crippen LogP contribution is 2.36. The van der Waals surface area contributed by atoms with Gasteiger partial charge in [0.05, 0.1) is 12.3 Å². The van der Waals surface area contributed by atoms with Crippen molar-refractivity contribution in [1.29, 1.82) is 0 Å². The summed E-state index contributed by atoms with van der Waals surface area (Å²) in [6.07, 6.45) is 0. The number of nitrogens with zero attached hydrogens (tertiary/aromatic N) is 1. The second kappa shape index (κ2) is 7.68. The number of nitrogens with one attached hydrogen (secondary N) is 1. The maximum atomic E-state index is 10.3. The molecule has 4 nitrogen and oxygen atoms in total. The zero-order valence-electron chi connectivity index (χ0n) is 14.7. The Kier molecular flexibility index (Phi) is 5.36. The van der Waals surface area contributed by atoms with E-state index in [0.717, 1.165) is 28.2 Å². The zero-order chi connectivity index (χ0) is 17.8. The van der Waals surface area contributed by atoms with Crippen molar-refractivity contribution < 1.29 is 9.84 Å². The topological polar surface area (TPSA) is 54.4 Å². The smallest absolute Gasteiger partial charge is 0.127 e. The molecule has 0 aliphatic heterocycles. The van der Waals surface area contributed by atoms with E-state index in [0.29, 0.717) is 13.2 Å². The molecule has 0 aliphatic carbocycles. The van der Waals surface area contributed by atoms with Crippen LogP contribution in [0.4, 0.5) is 5.82 Å². The molecule has 0 atom stereocenters. The minimum Gasteiger partial charge on any atom is -0.507 e. The Hall–Kier alpha value is -2.37. The number of pyridine rings is 1. The third kappa shape index (κ3) is 4.00. The van der Waals surface area contributed by atoms with Crippen LogP contribution in [0.3, 0.4) is 0 Å². The average molecular weight is 354 g/mol. The molecule has 2 aromatic heterocycles. The van der Waals surface area contributed by atoms with E-state index in [1.807, 2.05) is 31.2 Å². The van der Waals surface area contributed by atoms with Crippen molar-refractivity contribution in [2.45, 2.75) is 13.8 Å². The number of thiophene rings is 1. The molecular formula is C20H22N2O2S. The van der Waals surface area contributed by atoms with Crippen LogP contribution in [-0.2, 0) is 4.74 Å². The van der Waals surface area contributed by atoms with Gasteiger partial charge in [0.15, 0.2) is 0 Å². The van der Waals surface area contributed by atoms with Crippen LogP contribution in [0.5, 0.6) is 5.75 Å². The number of hydrogen-bond acceptors (Lipinski definition) is 5. The molecule has 25 heavy (non-hydrogen) atoms. The largest absolute Gasteiger partial charge is 0.507 e. The number of aromatic nitrogens is 1. The summed E-state index contributed by atoms with van der Waals surface area (Å²) in [5, 5.41) is 15.7. The molecule has 0 aliphatic rings. The third-order valence-electron chi connectivity index (χ3n) is 3.99. The van der Waals surface area contributed by atoms with Crippen molar-refractivity contribution in [2.24, 2.45) is 0 Å². The second-order valence-corrected chi connectivity index (χ2v) is 6.92. The summed E-state index contributed by atoms with van der Waals surface area (Å²) in [5.74, 6) is 1.01. The van der Waals surface area contributed by atoms with Gasteiger partial charge in [0.25, 0.3) is 0 Å². The Morgan fingerprint density at radius 1 is 1.16 bits per heavy atom. The summed E-state index contributed by atoms with van der Waals surface area (Å²) in [5.41, 5.74) is 4.91. The predicted molar refractivity (Wildman–Crippen MR) is 104 cm³/mol. The number of aromatic hydroxyl groups is 1. The molecule has 3 rings (SSSR count). The van der Waals surface area contributed by atoms with E-state index in [2.05, 4.69) is 23.7 Å². The van der Waals surface area contributed by atoms with Gasteiger partial charge in [-0.25, -0.2) is 4.98 Å². The molecular weight excluding hydrogens is 332 g/mol. The first-order chi connectivity index (χ1) is 12.1. The van der Waals surface area contributed by atoms with Crippen LogP contribution in [0.15, 0.2) is 41.8 Å². The molecule has 1 aromatic carbocycles. The lowest BCUT2D eigenvalue weighted by Crippen LogP contribution is -2.09. The highest BCUT2D eigenvalue weighted by Gasteiger charge is 2.12. The number of aryl methyl sites for hydroxylation is 2. The summed E-state index contributed by atoms with van der Waals surface area (Å²) in [4.78, 5) is 5.91. The average Bonchev–Trinajstić information content (AvgIpc) is 3.03. The van der Waals surface area contributed by atoms with Gasteiger partial charge in [0.2, 0.25) is 0 Å². The number of ether oxygens (including phenoxy) is 1. The number of phenolic OH excluding ortho intramolecular Hbond substituents is 1. The van der Waals surface area contributed by atoms with E-state index in [1.54, 1.807) is 24.5 Å². The molecule has 0 fully saturated rings. The summed E-state index contributed by atoms with van der Waals surface area (Å²) in [6.45, 7) is 5.40. The monoisotopic (exact) mass is 354 g/mol. The van der Waals surface area contributed by atoms with Crippen molar-refractivity contribution in [1.82, 2.24) is 4.98 Å². The second-order valence-electron chi connectivity index (χ2n) is 6.00. The Labute approximate surface area is 152 Å². The number of methoxy groups -OCH3 is 1. The fourth-order valence-electron chi connectivity index (χ4n) is 2.69. The lowest BCUT2D eigenvalue weighted by atomic mass is 10.0. The first kappa shape index (κ1) is 17.5. The fourth-order valence-corrected chi connectivity index (χ4v) is 3.61. The summed E-state index contributed by atoms with van der Waals surface area (Å²) in [7, 11) is 1.68. The predicted octanol–water partition coefficient (Wildman–Crippen LogP) is 4.86. The lowest BCUT2D eigenvalue weighted by Gasteiger charge is -2.12. The molecule has 0 saturated carbocycles. The molecule has 0 unspecified atom stereocenters. The maximum Gasteiger partial charge on any atom is 0.127 e. The number of anilines is 1. The molecule has 2 heterocycles. The highest BCUT2D eigenvalue weighted by atomic mass is 32.1. The van der Waals surface area contributed by atoms with Crippen molar-refractivity contribution >= 4 is 17.2 Å². The van der Waals surface area contributed by atoms with E-state index in [-0.39, 0.29) is 5.75 Å². The summed E-state index contributed by atoms with van der Waals surface area (Å²) < 4.78 is 5.11. The van der Waals surface area contributed by atoms with Gasteiger partial charge in [-0.2, -0.15) is 0 Å². The molecule has 0 bridgehead atoms. The number of benzene rings is 1. The van der Waals surface area contributed by atoms with Crippen molar-refractivity contribution in [3.05, 3.63) is 52.9 Å². The first-order valence-electron chi connectivity index (χ1n) is 8.18. The Morgan fingerprint density at radius 2 is 2.00 bits per heavy atom. The Balaban J connectivity index is 2.09. The van der Waals surface area contributed by atoms with Crippen LogP contribution in [-0.4, -0.2) is 30.4 Å². The maximum absolute atomic E-state index is 10.3. The first-order valence-corrected chi connectivity index (χ1v) is 9.06. The molecule has 0 spiro atoms. The zero-order valence-corrected chi connectivity index (χ0v) is 15.5. The van der Waals surface area contributed by atoms with Crippen LogP contribution in [0.2, 0.25) is 0 Å². The Morgan fingerprint density at radius 3 is 2.72 bits per heavy atom. The Bertz CT molecular complexity index is 874. The van der Waals surface area contributed by atoms with Gasteiger partial charge in [-0.05, 0) is 60.7 Å². The molecule has 5 heteroatoms. The minimum absolute atomic E-state index is 0.237. The summed E-state index contributed by atoms with van der Waals surface area (Å²) in [6, 6.07) is 11.8. The SMILES string of the molecule is COCCNc1cc(-c2sccc2C)cc(-c2cc(C)ccc2O)n1. The van der Waals surface area contributed by atoms with Gasteiger partial charge >= 0.3 is 0 Å². The standard InChI is InChI=1S/C20H22N2O2S/c1-13-4-5-18(23)16(10-13)17-11-15(20-14(2)6-9-25-20)12-19(22-17)21-7-8-24-3/h4-6,9-12,23H,7-8H2,1-3H3,(H,21,22). The quantitative estimate of drug-likeness (QED) is 0.621. The molecule has 130 valence electrons. The molecule has 0 saturated heterocycles. The fraction of sp³-hybridized carbons (Fsp3) is 0.250. The van der Waals surface area contributed by atoms with Crippen LogP contribution in [0.25, 0.3) is 21.7 Å². The number of rotatable bonds is 6. The van der Waals surface area contributed by atoms with Gasteiger partial charge in [-0.3, -0.25) is 0 Å². The van der Waals surface area contributed by atoms with E-state index in [4.69, 9.17) is 9.72 Å². The van der Waals surface area contributed by atoms with E-state index in [9.17, 15) is 5.11 Å². The molecule has 3 aromatic rings. The van der Waals surface area contributed by atoms with Crippen LogP contribution in [0.1, 0.15) is 11.1 Å². The van der Waals surface area contributed by atoms with E-state index >= 15 is 0 Å². The minimum atomic E-state index is 0.237. The number of hydrogen-bond donors (Lipinski definition) is 2. The van der Waals surface area contributed by atoms with Crippen LogP contribution < -0.4 is 5.32 Å². The molecule has 0 radical (unpaired) electrons. The van der Waals surface area contributed by atoms with Crippen molar-refractivity contribution in [3.63, 3.8) is 0 Å². The van der Waals surface area contributed by atoms with Gasteiger partial charge in [0, 0.05) is 24.1 Å². The van der Waals surface area contributed by atoms with Gasteiger partial charge in [-0.1, -0.05) is 11.6 Å².